The first kappa shape index (κ1) is 12.5. The third kappa shape index (κ3) is 2.64. The molecule has 1 aliphatic carbocycles. The smallest absolute Gasteiger partial charge is 0.159 e. The second-order valence-electron chi connectivity index (χ2n) is 4.48. The molecule has 0 aliphatic heterocycles. The monoisotopic (exact) mass is 241 g/mol. The summed E-state index contributed by atoms with van der Waals surface area (Å²) in [7, 11) is 3.47. The lowest BCUT2D eigenvalue weighted by atomic mass is 9.98. The third-order valence-electron chi connectivity index (χ3n) is 3.30. The van der Waals surface area contributed by atoms with Gasteiger partial charge in [0.1, 0.15) is 0 Å². The molecule has 1 fully saturated rings. The van der Waals surface area contributed by atoms with E-state index in [9.17, 15) is 8.78 Å². The van der Waals surface area contributed by atoms with E-state index in [2.05, 4.69) is 5.32 Å². The van der Waals surface area contributed by atoms with Crippen LogP contribution in [0.1, 0.15) is 24.4 Å². The molecule has 0 heterocycles. The minimum Gasteiger partial charge on any atom is -0.379 e. The SMILES string of the molecule is CNC(c1ccc(F)c(F)c1)C(OC)C1CC1. The van der Waals surface area contributed by atoms with E-state index < -0.39 is 11.6 Å². The van der Waals surface area contributed by atoms with Crippen molar-refractivity contribution in [3.05, 3.63) is 35.4 Å². The van der Waals surface area contributed by atoms with Gasteiger partial charge < -0.3 is 10.1 Å². The molecule has 1 aromatic rings. The van der Waals surface area contributed by atoms with E-state index in [1.807, 2.05) is 0 Å². The van der Waals surface area contributed by atoms with E-state index in [-0.39, 0.29) is 12.1 Å². The molecule has 1 aliphatic rings. The lowest BCUT2D eigenvalue weighted by Crippen LogP contribution is -2.32. The van der Waals surface area contributed by atoms with Crippen LogP contribution in [0.5, 0.6) is 0 Å². The van der Waals surface area contributed by atoms with Gasteiger partial charge in [-0.3, -0.25) is 0 Å². The van der Waals surface area contributed by atoms with Crippen LogP contribution in [0.15, 0.2) is 18.2 Å². The lowest BCUT2D eigenvalue weighted by Gasteiger charge is -2.26. The van der Waals surface area contributed by atoms with E-state index in [0.29, 0.717) is 5.92 Å². The average molecular weight is 241 g/mol. The van der Waals surface area contributed by atoms with Crippen LogP contribution >= 0.6 is 0 Å². The summed E-state index contributed by atoms with van der Waals surface area (Å²) in [4.78, 5) is 0. The van der Waals surface area contributed by atoms with Gasteiger partial charge in [0.05, 0.1) is 12.1 Å². The molecule has 2 atom stereocenters. The van der Waals surface area contributed by atoms with Gasteiger partial charge in [0.25, 0.3) is 0 Å². The Hall–Kier alpha value is -1.00. The first-order chi connectivity index (χ1) is 8.17. The maximum absolute atomic E-state index is 13.2. The van der Waals surface area contributed by atoms with Crippen LogP contribution in [0.25, 0.3) is 0 Å². The van der Waals surface area contributed by atoms with Crippen LogP contribution in [-0.4, -0.2) is 20.3 Å². The number of likely N-dealkylation sites (N-methyl/N-ethyl adjacent to an activating group) is 1. The van der Waals surface area contributed by atoms with Crippen molar-refractivity contribution in [3.63, 3.8) is 0 Å². The quantitative estimate of drug-likeness (QED) is 0.855. The molecule has 1 N–H and O–H groups in total. The Bertz CT molecular complexity index is 393. The number of hydrogen-bond donors (Lipinski definition) is 1. The molecule has 17 heavy (non-hydrogen) atoms. The molecule has 94 valence electrons. The molecule has 4 heteroatoms. The standard InChI is InChI=1S/C13H17F2NO/c1-16-12(13(17-2)8-3-4-8)9-5-6-10(14)11(15)7-9/h5-8,12-13,16H,3-4H2,1-2H3. The molecular weight excluding hydrogens is 224 g/mol. The van der Waals surface area contributed by atoms with Gasteiger partial charge in [-0.25, -0.2) is 8.78 Å². The highest BCUT2D eigenvalue weighted by Gasteiger charge is 2.37. The molecule has 1 aromatic carbocycles. The molecule has 0 aromatic heterocycles. The molecule has 2 rings (SSSR count). The van der Waals surface area contributed by atoms with E-state index in [0.717, 1.165) is 24.5 Å². The highest BCUT2D eigenvalue weighted by atomic mass is 19.2. The first-order valence-electron chi connectivity index (χ1n) is 5.82. The minimum atomic E-state index is -0.816. The molecule has 0 amide bonds. The predicted molar refractivity (Wildman–Crippen MR) is 61.7 cm³/mol. The zero-order valence-electron chi connectivity index (χ0n) is 10.0. The maximum Gasteiger partial charge on any atom is 0.159 e. The van der Waals surface area contributed by atoms with Gasteiger partial charge in [-0.1, -0.05) is 6.07 Å². The van der Waals surface area contributed by atoms with Crippen molar-refractivity contribution in [2.75, 3.05) is 14.2 Å². The number of halogens is 2. The van der Waals surface area contributed by atoms with Crippen molar-refractivity contribution in [2.24, 2.45) is 5.92 Å². The lowest BCUT2D eigenvalue weighted by molar-refractivity contribution is 0.0529. The fourth-order valence-electron chi connectivity index (χ4n) is 2.25. The van der Waals surface area contributed by atoms with Gasteiger partial charge in [-0.15, -0.1) is 0 Å². The number of methoxy groups -OCH3 is 1. The van der Waals surface area contributed by atoms with Gasteiger partial charge in [0, 0.05) is 7.11 Å². The van der Waals surface area contributed by atoms with Crippen LogP contribution < -0.4 is 5.32 Å². The van der Waals surface area contributed by atoms with E-state index in [1.54, 1.807) is 20.2 Å². The van der Waals surface area contributed by atoms with Crippen molar-refractivity contribution in [1.82, 2.24) is 5.32 Å². The van der Waals surface area contributed by atoms with E-state index >= 15 is 0 Å². The highest BCUT2D eigenvalue weighted by molar-refractivity contribution is 5.23. The number of nitrogens with one attached hydrogen (secondary N) is 1. The number of rotatable bonds is 5. The third-order valence-corrected chi connectivity index (χ3v) is 3.30. The van der Waals surface area contributed by atoms with Crippen LogP contribution in [-0.2, 0) is 4.74 Å². The van der Waals surface area contributed by atoms with Gasteiger partial charge >= 0.3 is 0 Å². The first-order valence-corrected chi connectivity index (χ1v) is 5.82. The summed E-state index contributed by atoms with van der Waals surface area (Å²) in [5.41, 5.74) is 0.727. The molecule has 0 radical (unpaired) electrons. The maximum atomic E-state index is 13.2. The molecule has 2 unspecified atom stereocenters. The second-order valence-corrected chi connectivity index (χ2v) is 4.48. The van der Waals surface area contributed by atoms with Crippen molar-refractivity contribution in [3.8, 4) is 0 Å². The Morgan fingerprint density at radius 2 is 2.00 bits per heavy atom. The Labute approximate surface area is 100.0 Å². The van der Waals surface area contributed by atoms with Crippen LogP contribution in [0.2, 0.25) is 0 Å². The summed E-state index contributed by atoms with van der Waals surface area (Å²) in [6.45, 7) is 0. The van der Waals surface area contributed by atoms with Gasteiger partial charge in [0.15, 0.2) is 11.6 Å². The van der Waals surface area contributed by atoms with E-state index in [4.69, 9.17) is 4.74 Å². The molecular formula is C13H17F2NO. The summed E-state index contributed by atoms with van der Waals surface area (Å²) in [5, 5.41) is 3.12. The molecule has 2 nitrogen and oxygen atoms in total. The summed E-state index contributed by atoms with van der Waals surface area (Å²) in [5.74, 6) is -1.11. The Balaban J connectivity index is 2.23. The Morgan fingerprint density at radius 3 is 2.47 bits per heavy atom. The summed E-state index contributed by atoms with van der Waals surface area (Å²) in [6, 6.07) is 3.91. The van der Waals surface area contributed by atoms with Crippen LogP contribution in [0.4, 0.5) is 8.78 Å². The zero-order valence-corrected chi connectivity index (χ0v) is 10.0. The number of ether oxygens (including phenoxy) is 1. The Kier molecular flexibility index (Phi) is 3.74. The van der Waals surface area contributed by atoms with Crippen molar-refractivity contribution < 1.29 is 13.5 Å². The van der Waals surface area contributed by atoms with Crippen LogP contribution in [0, 0.1) is 17.6 Å². The predicted octanol–water partition coefficient (Wildman–Crippen LogP) is 2.65. The largest absolute Gasteiger partial charge is 0.379 e. The summed E-state index contributed by atoms with van der Waals surface area (Å²) < 4.78 is 31.6. The van der Waals surface area contributed by atoms with Crippen molar-refractivity contribution in [1.29, 1.82) is 0 Å². The summed E-state index contributed by atoms with van der Waals surface area (Å²) in [6.07, 6.45) is 2.30. The fourth-order valence-corrected chi connectivity index (χ4v) is 2.25. The van der Waals surface area contributed by atoms with Gasteiger partial charge in [0.2, 0.25) is 0 Å². The average Bonchev–Trinajstić information content (AvgIpc) is 3.14. The fraction of sp³-hybridized carbons (Fsp3) is 0.538. The molecule has 0 spiro atoms. The van der Waals surface area contributed by atoms with Gasteiger partial charge in [-0.05, 0) is 43.5 Å². The van der Waals surface area contributed by atoms with Gasteiger partial charge in [-0.2, -0.15) is 0 Å². The van der Waals surface area contributed by atoms with Crippen LogP contribution in [0.3, 0.4) is 0 Å². The normalized spacial score (nSPS) is 19.1. The number of benzene rings is 1. The van der Waals surface area contributed by atoms with Crippen molar-refractivity contribution >= 4 is 0 Å². The second kappa shape index (κ2) is 5.10. The van der Waals surface area contributed by atoms with E-state index in [1.165, 1.54) is 6.07 Å². The molecule has 1 saturated carbocycles. The highest BCUT2D eigenvalue weighted by Crippen LogP contribution is 2.39. The molecule has 0 bridgehead atoms. The zero-order chi connectivity index (χ0) is 12.4. The number of hydrogen-bond acceptors (Lipinski definition) is 2. The molecule has 0 saturated heterocycles. The Morgan fingerprint density at radius 1 is 1.29 bits per heavy atom. The minimum absolute atomic E-state index is 0.0184. The summed E-state index contributed by atoms with van der Waals surface area (Å²) >= 11 is 0. The topological polar surface area (TPSA) is 21.3 Å². The van der Waals surface area contributed by atoms with Crippen molar-refractivity contribution in [2.45, 2.75) is 25.0 Å².